The van der Waals surface area contributed by atoms with Gasteiger partial charge in [-0.1, -0.05) is 24.1 Å². The molecule has 0 saturated heterocycles. The Labute approximate surface area is 156 Å². The molecular weight excluding hydrogens is 401 g/mol. The molecule has 0 atom stereocenters. The molecule has 1 aromatic carbocycles. The quantitative estimate of drug-likeness (QED) is 0.317. The molecule has 1 aromatic rings. The Morgan fingerprint density at radius 1 is 1.30 bits per heavy atom. The van der Waals surface area contributed by atoms with Gasteiger partial charge < -0.3 is 15.4 Å². The highest BCUT2D eigenvalue weighted by atomic mass is 127. The van der Waals surface area contributed by atoms with E-state index in [-0.39, 0.29) is 24.0 Å². The molecule has 0 unspecified atom stereocenters. The molecule has 5 heteroatoms. The topological polar surface area (TPSA) is 45.7 Å². The van der Waals surface area contributed by atoms with Crippen LogP contribution >= 0.6 is 24.0 Å². The SMILES string of the molecule is C#CCNC(=NCc1ccccc1OC1CCCC1)NCC.I. The van der Waals surface area contributed by atoms with Gasteiger partial charge in [-0.25, -0.2) is 4.99 Å². The standard InChI is InChI=1S/C18H25N3O.HI/c1-3-13-20-18(19-4-2)21-14-15-9-5-8-12-17(15)22-16-10-6-7-11-16;/h1,5,8-9,12,16H,4,6-7,10-11,13-14H2,2H3,(H2,19,20,21);1H. The van der Waals surface area contributed by atoms with Crippen LogP contribution in [0.4, 0.5) is 0 Å². The number of benzene rings is 1. The van der Waals surface area contributed by atoms with Gasteiger partial charge in [-0.05, 0) is 38.7 Å². The van der Waals surface area contributed by atoms with Crippen LogP contribution in [0.25, 0.3) is 0 Å². The predicted octanol–water partition coefficient (Wildman–Crippen LogP) is 3.31. The van der Waals surface area contributed by atoms with Crippen molar-refractivity contribution in [1.82, 2.24) is 10.6 Å². The Balaban J connectivity index is 0.00000264. The lowest BCUT2D eigenvalue weighted by atomic mass is 10.2. The summed E-state index contributed by atoms with van der Waals surface area (Å²) in [4.78, 5) is 4.58. The zero-order valence-electron chi connectivity index (χ0n) is 13.7. The molecule has 1 aliphatic rings. The predicted molar refractivity (Wildman–Crippen MR) is 106 cm³/mol. The number of nitrogens with one attached hydrogen (secondary N) is 2. The smallest absolute Gasteiger partial charge is 0.192 e. The molecule has 23 heavy (non-hydrogen) atoms. The monoisotopic (exact) mass is 427 g/mol. The summed E-state index contributed by atoms with van der Waals surface area (Å²) in [5.41, 5.74) is 1.10. The van der Waals surface area contributed by atoms with Crippen LogP contribution in [0.3, 0.4) is 0 Å². The largest absolute Gasteiger partial charge is 0.490 e. The van der Waals surface area contributed by atoms with Crippen molar-refractivity contribution in [2.45, 2.75) is 45.3 Å². The van der Waals surface area contributed by atoms with E-state index in [1.165, 1.54) is 12.8 Å². The molecule has 0 bridgehead atoms. The fraction of sp³-hybridized carbons (Fsp3) is 0.500. The number of hydrogen-bond donors (Lipinski definition) is 2. The Bertz CT molecular complexity index is 533. The number of rotatable bonds is 6. The van der Waals surface area contributed by atoms with Crippen molar-refractivity contribution in [3.05, 3.63) is 29.8 Å². The first-order valence-electron chi connectivity index (χ1n) is 8.03. The van der Waals surface area contributed by atoms with E-state index in [1.807, 2.05) is 25.1 Å². The third-order valence-corrected chi connectivity index (χ3v) is 3.68. The zero-order chi connectivity index (χ0) is 15.6. The second-order valence-corrected chi connectivity index (χ2v) is 5.38. The van der Waals surface area contributed by atoms with Crippen LogP contribution in [0, 0.1) is 12.3 Å². The number of halogens is 1. The minimum atomic E-state index is 0. The summed E-state index contributed by atoms with van der Waals surface area (Å²) in [5, 5.41) is 6.28. The van der Waals surface area contributed by atoms with E-state index in [9.17, 15) is 0 Å². The second-order valence-electron chi connectivity index (χ2n) is 5.38. The molecule has 126 valence electrons. The van der Waals surface area contributed by atoms with E-state index in [0.717, 1.165) is 36.7 Å². The lowest BCUT2D eigenvalue weighted by molar-refractivity contribution is 0.208. The van der Waals surface area contributed by atoms with E-state index < -0.39 is 0 Å². The van der Waals surface area contributed by atoms with Crippen molar-refractivity contribution in [2.24, 2.45) is 4.99 Å². The third kappa shape index (κ3) is 6.69. The van der Waals surface area contributed by atoms with Crippen LogP contribution in [0.2, 0.25) is 0 Å². The van der Waals surface area contributed by atoms with Gasteiger partial charge in [0.05, 0.1) is 19.2 Å². The molecular formula is C18H26IN3O. The first-order valence-corrected chi connectivity index (χ1v) is 8.03. The van der Waals surface area contributed by atoms with E-state index >= 15 is 0 Å². The number of nitrogens with zero attached hydrogens (tertiary/aromatic N) is 1. The van der Waals surface area contributed by atoms with E-state index in [2.05, 4.69) is 27.6 Å². The van der Waals surface area contributed by atoms with E-state index in [1.54, 1.807) is 0 Å². The molecule has 1 aliphatic carbocycles. The molecule has 2 N–H and O–H groups in total. The first kappa shape index (κ1) is 19.6. The van der Waals surface area contributed by atoms with Gasteiger partial charge in [-0.3, -0.25) is 0 Å². The molecule has 0 heterocycles. The van der Waals surface area contributed by atoms with Gasteiger partial charge in [0.25, 0.3) is 0 Å². The van der Waals surface area contributed by atoms with Crippen molar-refractivity contribution in [3.8, 4) is 18.1 Å². The number of guanidine groups is 1. The summed E-state index contributed by atoms with van der Waals surface area (Å²) >= 11 is 0. The maximum absolute atomic E-state index is 6.14. The normalized spacial score (nSPS) is 14.7. The van der Waals surface area contributed by atoms with E-state index in [0.29, 0.717) is 19.2 Å². The maximum atomic E-state index is 6.14. The van der Waals surface area contributed by atoms with Crippen molar-refractivity contribution in [3.63, 3.8) is 0 Å². The molecule has 0 amide bonds. The fourth-order valence-electron chi connectivity index (χ4n) is 2.58. The average molecular weight is 427 g/mol. The Kier molecular flexibility index (Phi) is 9.53. The summed E-state index contributed by atoms with van der Waals surface area (Å²) in [6.45, 7) is 3.87. The highest BCUT2D eigenvalue weighted by Gasteiger charge is 2.17. The van der Waals surface area contributed by atoms with Crippen LogP contribution < -0.4 is 15.4 Å². The van der Waals surface area contributed by atoms with Gasteiger partial charge in [0.1, 0.15) is 5.75 Å². The molecule has 0 radical (unpaired) electrons. The van der Waals surface area contributed by atoms with Crippen LogP contribution in [0.5, 0.6) is 5.75 Å². The molecule has 0 aliphatic heterocycles. The molecule has 4 nitrogen and oxygen atoms in total. The highest BCUT2D eigenvalue weighted by Crippen LogP contribution is 2.26. The fourth-order valence-corrected chi connectivity index (χ4v) is 2.58. The zero-order valence-corrected chi connectivity index (χ0v) is 16.0. The summed E-state index contributed by atoms with van der Waals surface area (Å²) in [6.07, 6.45) is 10.5. The number of hydrogen-bond acceptors (Lipinski definition) is 2. The average Bonchev–Trinajstić information content (AvgIpc) is 3.04. The number of para-hydroxylation sites is 1. The Morgan fingerprint density at radius 2 is 2.04 bits per heavy atom. The number of terminal acetylenes is 1. The summed E-state index contributed by atoms with van der Waals surface area (Å²) in [7, 11) is 0. The van der Waals surface area contributed by atoms with Crippen molar-refractivity contribution >= 4 is 29.9 Å². The van der Waals surface area contributed by atoms with Crippen LogP contribution in [-0.2, 0) is 6.54 Å². The molecule has 2 rings (SSSR count). The molecule has 1 fully saturated rings. The lowest BCUT2D eigenvalue weighted by Gasteiger charge is -2.16. The summed E-state index contributed by atoms with van der Waals surface area (Å²) in [6, 6.07) is 8.14. The second kappa shape index (κ2) is 11.2. The Morgan fingerprint density at radius 3 is 2.74 bits per heavy atom. The summed E-state index contributed by atoms with van der Waals surface area (Å²) < 4.78 is 6.14. The van der Waals surface area contributed by atoms with Crippen LogP contribution in [0.1, 0.15) is 38.2 Å². The summed E-state index contributed by atoms with van der Waals surface area (Å²) in [5.74, 6) is 4.24. The van der Waals surface area contributed by atoms with Crippen LogP contribution in [-0.4, -0.2) is 25.2 Å². The van der Waals surface area contributed by atoms with Gasteiger partial charge >= 0.3 is 0 Å². The maximum Gasteiger partial charge on any atom is 0.192 e. The minimum absolute atomic E-state index is 0. The first-order chi connectivity index (χ1) is 10.8. The van der Waals surface area contributed by atoms with Gasteiger partial charge in [0.15, 0.2) is 5.96 Å². The van der Waals surface area contributed by atoms with Crippen molar-refractivity contribution in [2.75, 3.05) is 13.1 Å². The van der Waals surface area contributed by atoms with E-state index in [4.69, 9.17) is 11.2 Å². The molecule has 0 aromatic heterocycles. The van der Waals surface area contributed by atoms with Crippen LogP contribution in [0.15, 0.2) is 29.3 Å². The van der Waals surface area contributed by atoms with Gasteiger partial charge in [-0.2, -0.15) is 0 Å². The minimum Gasteiger partial charge on any atom is -0.490 e. The molecule has 0 spiro atoms. The number of aliphatic imine (C=N–C) groups is 1. The van der Waals surface area contributed by atoms with Crippen molar-refractivity contribution in [1.29, 1.82) is 0 Å². The van der Waals surface area contributed by atoms with Gasteiger partial charge in [-0.15, -0.1) is 30.4 Å². The van der Waals surface area contributed by atoms with Crippen molar-refractivity contribution < 1.29 is 4.74 Å². The van der Waals surface area contributed by atoms with Gasteiger partial charge in [0, 0.05) is 12.1 Å². The Hall–Kier alpha value is -1.42. The molecule has 1 saturated carbocycles. The van der Waals surface area contributed by atoms with Gasteiger partial charge in [0.2, 0.25) is 0 Å². The third-order valence-electron chi connectivity index (χ3n) is 3.68. The highest BCUT2D eigenvalue weighted by molar-refractivity contribution is 14.0. The lowest BCUT2D eigenvalue weighted by Crippen LogP contribution is -2.37. The number of ether oxygens (including phenoxy) is 1.